The second kappa shape index (κ2) is 9.80. The fourth-order valence-electron chi connectivity index (χ4n) is 2.87. The molecule has 0 bridgehead atoms. The number of halogens is 2. The maximum Gasteiger partial charge on any atom is 0.268 e. The molecule has 2 aromatic carbocycles. The van der Waals surface area contributed by atoms with Crippen molar-refractivity contribution in [3.05, 3.63) is 60.2 Å². The molecule has 0 aliphatic carbocycles. The molecule has 162 valence electrons. The summed E-state index contributed by atoms with van der Waals surface area (Å²) in [5.41, 5.74) is -0.621. The van der Waals surface area contributed by atoms with Crippen molar-refractivity contribution < 1.29 is 28.6 Å². The van der Waals surface area contributed by atoms with Crippen LogP contribution in [0, 0.1) is 0 Å². The predicted octanol–water partition coefficient (Wildman–Crippen LogP) is 3.25. The normalized spacial score (nSPS) is 15.6. The summed E-state index contributed by atoms with van der Waals surface area (Å²) < 4.78 is 31.7. The zero-order valence-electron chi connectivity index (χ0n) is 17.0. The molecule has 30 heavy (non-hydrogen) atoms. The van der Waals surface area contributed by atoms with Crippen LogP contribution in [0.15, 0.2) is 54.6 Å². The molecule has 0 aliphatic heterocycles. The van der Waals surface area contributed by atoms with Gasteiger partial charge in [-0.2, -0.15) is 0 Å². The number of benzene rings is 2. The van der Waals surface area contributed by atoms with Crippen LogP contribution in [-0.2, 0) is 4.79 Å². The van der Waals surface area contributed by atoms with Crippen LogP contribution in [0.5, 0.6) is 5.75 Å². The van der Waals surface area contributed by atoms with Gasteiger partial charge in [-0.1, -0.05) is 48.6 Å². The lowest BCUT2D eigenvalue weighted by atomic mass is 9.81. The molecule has 2 atom stereocenters. The van der Waals surface area contributed by atoms with Gasteiger partial charge >= 0.3 is 0 Å². The Morgan fingerprint density at radius 3 is 2.40 bits per heavy atom. The quantitative estimate of drug-likeness (QED) is 0.369. The molecule has 0 aliphatic rings. The van der Waals surface area contributed by atoms with E-state index in [0.29, 0.717) is 0 Å². The van der Waals surface area contributed by atoms with E-state index in [1.807, 2.05) is 48.5 Å². The summed E-state index contributed by atoms with van der Waals surface area (Å²) in [6, 6.07) is 15.3. The van der Waals surface area contributed by atoms with Gasteiger partial charge in [0, 0.05) is 6.54 Å². The lowest BCUT2D eigenvalue weighted by molar-refractivity contribution is -0.166. The number of hydrogen-bond donors (Lipinski definition) is 4. The number of hydrogen-bond acceptors (Lipinski definition) is 5. The van der Waals surface area contributed by atoms with Crippen LogP contribution in [0.1, 0.15) is 19.4 Å². The van der Waals surface area contributed by atoms with Gasteiger partial charge < -0.3 is 9.84 Å². The van der Waals surface area contributed by atoms with E-state index in [0.717, 1.165) is 36.3 Å². The van der Waals surface area contributed by atoms with Gasteiger partial charge in [-0.25, -0.2) is 14.3 Å². The van der Waals surface area contributed by atoms with Gasteiger partial charge in [0.15, 0.2) is 0 Å². The number of ether oxygens (including phenoxy) is 1. The molecule has 4 N–H and O–H groups in total. The van der Waals surface area contributed by atoms with Crippen molar-refractivity contribution in [1.29, 1.82) is 0 Å². The monoisotopic (exact) mass is 420 g/mol. The number of nitrogens with one attached hydrogen (secondary N) is 2. The van der Waals surface area contributed by atoms with Gasteiger partial charge in [0.2, 0.25) is 0 Å². The second-order valence-electron chi connectivity index (χ2n) is 7.15. The molecule has 0 aromatic heterocycles. The van der Waals surface area contributed by atoms with Crippen molar-refractivity contribution in [1.82, 2.24) is 10.8 Å². The number of amides is 1. The highest BCUT2D eigenvalue weighted by Crippen LogP contribution is 2.29. The van der Waals surface area contributed by atoms with E-state index >= 15 is 0 Å². The van der Waals surface area contributed by atoms with Gasteiger partial charge in [0.25, 0.3) is 12.3 Å². The smallest absolute Gasteiger partial charge is 0.268 e. The first kappa shape index (κ1) is 23.5. The minimum atomic E-state index is -3.21. The van der Waals surface area contributed by atoms with Crippen LogP contribution in [0.25, 0.3) is 17.2 Å². The minimum Gasteiger partial charge on any atom is -0.497 e. The molecular formula is C22H26F2N2O4. The fourth-order valence-corrected chi connectivity index (χ4v) is 2.87. The first-order valence-corrected chi connectivity index (χ1v) is 9.27. The Hall–Kier alpha value is -2.81. The standard InChI is InChI=1S/C22H26F2N2O4/c1-21(20(27)26-29,22(2,28)19(23)24)25-13-5-6-15-9-11-16(12-10-15)17-7-4-8-18(14-17)30-3/h4-12,14,19,25,28-29H,13H2,1-3H3,(H,26,27)/b6-5+/t21?,22-/m1/s1. The van der Waals surface area contributed by atoms with Gasteiger partial charge in [-0.3, -0.25) is 15.3 Å². The summed E-state index contributed by atoms with van der Waals surface area (Å²) >= 11 is 0. The molecule has 6 nitrogen and oxygen atoms in total. The van der Waals surface area contributed by atoms with Crippen LogP contribution in [-0.4, -0.2) is 47.4 Å². The molecule has 1 amide bonds. The summed E-state index contributed by atoms with van der Waals surface area (Å²) in [5, 5.41) is 21.6. The van der Waals surface area contributed by atoms with Gasteiger partial charge in [0.05, 0.1) is 7.11 Å². The number of hydroxylamine groups is 1. The average Bonchev–Trinajstić information content (AvgIpc) is 2.76. The Bertz CT molecular complexity index is 885. The molecule has 1 unspecified atom stereocenters. The van der Waals surface area contributed by atoms with Crippen molar-refractivity contribution in [2.45, 2.75) is 31.4 Å². The number of rotatable bonds is 9. The maximum atomic E-state index is 13.2. The zero-order chi connectivity index (χ0) is 22.4. The van der Waals surface area contributed by atoms with E-state index in [1.54, 1.807) is 19.3 Å². The Labute approximate surface area is 174 Å². The summed E-state index contributed by atoms with van der Waals surface area (Å²) in [7, 11) is 1.61. The van der Waals surface area contributed by atoms with Crippen molar-refractivity contribution in [2.24, 2.45) is 0 Å². The molecule has 0 saturated carbocycles. The first-order valence-electron chi connectivity index (χ1n) is 9.27. The number of alkyl halides is 2. The zero-order valence-corrected chi connectivity index (χ0v) is 17.0. The van der Waals surface area contributed by atoms with Crippen LogP contribution in [0.3, 0.4) is 0 Å². The molecule has 0 saturated heterocycles. The van der Waals surface area contributed by atoms with Crippen LogP contribution in [0.2, 0.25) is 0 Å². The Balaban J connectivity index is 2.08. The van der Waals surface area contributed by atoms with Gasteiger partial charge in [0.1, 0.15) is 16.9 Å². The number of carbonyl (C=O) groups excluding carboxylic acids is 1. The third-order valence-corrected chi connectivity index (χ3v) is 5.19. The van der Waals surface area contributed by atoms with E-state index in [-0.39, 0.29) is 6.54 Å². The van der Waals surface area contributed by atoms with Gasteiger partial charge in [-0.05, 0) is 42.7 Å². The highest BCUT2D eigenvalue weighted by atomic mass is 19.3. The molecule has 2 rings (SSSR count). The van der Waals surface area contributed by atoms with Crippen LogP contribution in [0.4, 0.5) is 8.78 Å². The number of methoxy groups -OCH3 is 1. The largest absolute Gasteiger partial charge is 0.497 e. The topological polar surface area (TPSA) is 90.8 Å². The van der Waals surface area contributed by atoms with E-state index < -0.39 is 23.5 Å². The fraction of sp³-hybridized carbons (Fsp3) is 0.318. The molecule has 0 heterocycles. The van der Waals surface area contributed by atoms with Gasteiger partial charge in [-0.15, -0.1) is 0 Å². The van der Waals surface area contributed by atoms with Crippen molar-refractivity contribution in [2.75, 3.05) is 13.7 Å². The third kappa shape index (κ3) is 5.02. The number of aliphatic hydroxyl groups is 1. The van der Waals surface area contributed by atoms with E-state index in [1.165, 1.54) is 5.48 Å². The second-order valence-corrected chi connectivity index (χ2v) is 7.15. The van der Waals surface area contributed by atoms with Crippen molar-refractivity contribution in [3.63, 3.8) is 0 Å². The third-order valence-electron chi connectivity index (χ3n) is 5.19. The lowest BCUT2D eigenvalue weighted by Gasteiger charge is -2.40. The SMILES string of the molecule is COc1cccc(-c2ccc(/C=C/CNC(C)(C(=O)NO)[C@](C)(O)C(F)F)cc2)c1. The van der Waals surface area contributed by atoms with Crippen LogP contribution >= 0.6 is 0 Å². The molecule has 0 spiro atoms. The molecular weight excluding hydrogens is 394 g/mol. The average molecular weight is 420 g/mol. The molecule has 0 radical (unpaired) electrons. The Morgan fingerprint density at radius 1 is 1.17 bits per heavy atom. The summed E-state index contributed by atoms with van der Waals surface area (Å²) in [4.78, 5) is 11.9. The maximum absolute atomic E-state index is 13.2. The molecule has 0 fully saturated rings. The van der Waals surface area contributed by atoms with E-state index in [2.05, 4.69) is 5.32 Å². The van der Waals surface area contributed by atoms with E-state index in [9.17, 15) is 18.7 Å². The first-order chi connectivity index (χ1) is 14.2. The summed E-state index contributed by atoms with van der Waals surface area (Å²) in [6.45, 7) is 1.94. The van der Waals surface area contributed by atoms with E-state index in [4.69, 9.17) is 9.94 Å². The Morgan fingerprint density at radius 2 is 1.83 bits per heavy atom. The highest BCUT2D eigenvalue weighted by Gasteiger charge is 2.54. The van der Waals surface area contributed by atoms with Crippen molar-refractivity contribution in [3.8, 4) is 16.9 Å². The highest BCUT2D eigenvalue weighted by molar-refractivity contribution is 5.86. The molecule has 2 aromatic rings. The predicted molar refractivity (Wildman–Crippen MR) is 110 cm³/mol. The van der Waals surface area contributed by atoms with Crippen molar-refractivity contribution >= 4 is 12.0 Å². The number of carbonyl (C=O) groups is 1. The van der Waals surface area contributed by atoms with Crippen LogP contribution < -0.4 is 15.5 Å². The minimum absolute atomic E-state index is 0.00439. The summed E-state index contributed by atoms with van der Waals surface area (Å²) in [6.07, 6.45) is 0.169. The Kier molecular flexibility index (Phi) is 7.66. The lowest BCUT2D eigenvalue weighted by Crippen LogP contribution is -2.69. The summed E-state index contributed by atoms with van der Waals surface area (Å²) in [5.74, 6) is -0.402. The molecule has 8 heteroatoms.